The second-order valence-electron chi connectivity index (χ2n) is 3.83. The molecule has 0 aromatic heterocycles. The number of carbonyl (C=O) groups excluding carboxylic acids is 1. The van der Waals surface area contributed by atoms with Crippen LogP contribution in [0.3, 0.4) is 0 Å². The predicted octanol–water partition coefficient (Wildman–Crippen LogP) is 0.863. The van der Waals surface area contributed by atoms with Gasteiger partial charge in [0.25, 0.3) is 0 Å². The van der Waals surface area contributed by atoms with E-state index in [1.54, 1.807) is 0 Å². The first-order valence-electron chi connectivity index (χ1n) is 5.39. The van der Waals surface area contributed by atoms with Gasteiger partial charge < -0.3 is 15.0 Å². The van der Waals surface area contributed by atoms with Gasteiger partial charge in [-0.3, -0.25) is 4.79 Å². The summed E-state index contributed by atoms with van der Waals surface area (Å²) in [6.45, 7) is 1.10. The van der Waals surface area contributed by atoms with Crippen molar-refractivity contribution in [1.29, 1.82) is 0 Å². The molecule has 0 bridgehead atoms. The molecule has 0 fully saturated rings. The number of methoxy groups -OCH3 is 1. The van der Waals surface area contributed by atoms with Crippen molar-refractivity contribution in [3.8, 4) is 0 Å². The van der Waals surface area contributed by atoms with Crippen LogP contribution in [-0.4, -0.2) is 43.2 Å². The molecule has 0 radical (unpaired) electrons. The molecular weight excluding hydrogens is 240 g/mol. The van der Waals surface area contributed by atoms with Crippen molar-refractivity contribution in [2.75, 3.05) is 20.2 Å². The lowest BCUT2D eigenvalue weighted by Crippen LogP contribution is -2.46. The Labute approximate surface area is 107 Å². The van der Waals surface area contributed by atoms with Crippen molar-refractivity contribution in [1.82, 2.24) is 10.2 Å². The number of fused-ring (bicyclic) bond motifs is 1. The highest BCUT2D eigenvalue weighted by Gasteiger charge is 2.25. The van der Waals surface area contributed by atoms with Crippen LogP contribution in [0.25, 0.3) is 0 Å². The summed E-state index contributed by atoms with van der Waals surface area (Å²) in [5.41, 5.74) is 0. The first kappa shape index (κ1) is 13.8. The minimum absolute atomic E-state index is 0. The standard InChI is InChI=1S/C12H16N2O2.ClH/c1-16-12(15)9-14-8-4-7-13-10-5-2-3-6-11(10)14;/h2-6,8,10-11,13H,7,9H2,1H3;1H. The molecule has 5 heteroatoms. The van der Waals surface area contributed by atoms with E-state index in [-0.39, 0.29) is 37.0 Å². The summed E-state index contributed by atoms with van der Waals surface area (Å²) < 4.78 is 4.70. The van der Waals surface area contributed by atoms with Crippen molar-refractivity contribution in [3.05, 3.63) is 36.6 Å². The summed E-state index contributed by atoms with van der Waals surface area (Å²) in [6.07, 6.45) is 12.2. The zero-order chi connectivity index (χ0) is 11.4. The van der Waals surface area contributed by atoms with E-state index < -0.39 is 0 Å². The van der Waals surface area contributed by atoms with Gasteiger partial charge in [0.1, 0.15) is 6.54 Å². The molecule has 0 aromatic rings. The van der Waals surface area contributed by atoms with Crippen molar-refractivity contribution < 1.29 is 9.53 Å². The third-order valence-electron chi connectivity index (χ3n) is 2.80. The molecule has 0 saturated carbocycles. The highest BCUT2D eigenvalue weighted by Crippen LogP contribution is 2.15. The summed E-state index contributed by atoms with van der Waals surface area (Å²) in [6, 6.07) is 0.438. The van der Waals surface area contributed by atoms with Gasteiger partial charge in [-0.15, -0.1) is 12.4 Å². The molecule has 1 aliphatic heterocycles. The predicted molar refractivity (Wildman–Crippen MR) is 69.0 cm³/mol. The number of hydrogen-bond donors (Lipinski definition) is 1. The quantitative estimate of drug-likeness (QED) is 0.745. The minimum atomic E-state index is -0.215. The van der Waals surface area contributed by atoms with Crippen LogP contribution in [0.5, 0.6) is 0 Å². The lowest BCUT2D eigenvalue weighted by molar-refractivity contribution is -0.141. The van der Waals surface area contributed by atoms with Crippen LogP contribution in [0.1, 0.15) is 0 Å². The molecular formula is C12H17ClN2O2. The van der Waals surface area contributed by atoms with E-state index in [0.29, 0.717) is 0 Å². The number of rotatable bonds is 2. The fraction of sp³-hybridized carbons (Fsp3) is 0.417. The molecule has 2 rings (SSSR count). The Balaban J connectivity index is 0.00000144. The van der Waals surface area contributed by atoms with Gasteiger partial charge in [0.15, 0.2) is 0 Å². The fourth-order valence-corrected chi connectivity index (χ4v) is 1.96. The van der Waals surface area contributed by atoms with Gasteiger partial charge in [0, 0.05) is 12.6 Å². The molecule has 2 aliphatic rings. The number of hydrogen-bond acceptors (Lipinski definition) is 4. The molecule has 2 unspecified atom stereocenters. The number of carbonyl (C=O) groups is 1. The molecule has 1 aliphatic carbocycles. The zero-order valence-corrected chi connectivity index (χ0v) is 10.5. The third-order valence-corrected chi connectivity index (χ3v) is 2.80. The number of esters is 1. The number of nitrogens with zero attached hydrogens (tertiary/aromatic N) is 1. The summed E-state index contributed by atoms with van der Waals surface area (Å²) in [5.74, 6) is -0.215. The van der Waals surface area contributed by atoms with E-state index in [9.17, 15) is 4.79 Å². The van der Waals surface area contributed by atoms with Gasteiger partial charge in [0.05, 0.1) is 13.2 Å². The molecule has 17 heavy (non-hydrogen) atoms. The van der Waals surface area contributed by atoms with Crippen molar-refractivity contribution in [3.63, 3.8) is 0 Å². The van der Waals surface area contributed by atoms with E-state index in [4.69, 9.17) is 4.74 Å². The highest BCUT2D eigenvalue weighted by atomic mass is 35.5. The van der Waals surface area contributed by atoms with Crippen LogP contribution in [0.2, 0.25) is 0 Å². The lowest BCUT2D eigenvalue weighted by Gasteiger charge is -2.32. The number of ether oxygens (including phenoxy) is 1. The smallest absolute Gasteiger partial charge is 0.325 e. The monoisotopic (exact) mass is 256 g/mol. The Kier molecular flexibility index (Phi) is 5.25. The molecule has 1 heterocycles. The highest BCUT2D eigenvalue weighted by molar-refractivity contribution is 5.85. The number of allylic oxidation sites excluding steroid dienone is 2. The Bertz CT molecular complexity index is 352. The van der Waals surface area contributed by atoms with Gasteiger partial charge in [-0.2, -0.15) is 0 Å². The second kappa shape index (κ2) is 6.47. The average molecular weight is 257 g/mol. The largest absolute Gasteiger partial charge is 0.468 e. The van der Waals surface area contributed by atoms with E-state index in [1.165, 1.54) is 7.11 Å². The Hall–Kier alpha value is -1.26. The van der Waals surface area contributed by atoms with E-state index in [1.807, 2.05) is 29.3 Å². The Morgan fingerprint density at radius 3 is 3.00 bits per heavy atom. The van der Waals surface area contributed by atoms with Crippen molar-refractivity contribution >= 4 is 18.4 Å². The molecule has 4 nitrogen and oxygen atoms in total. The van der Waals surface area contributed by atoms with E-state index in [0.717, 1.165) is 6.54 Å². The van der Waals surface area contributed by atoms with Gasteiger partial charge in [0.2, 0.25) is 0 Å². The summed E-state index contributed by atoms with van der Waals surface area (Å²) in [4.78, 5) is 13.3. The lowest BCUT2D eigenvalue weighted by atomic mass is 10.0. The van der Waals surface area contributed by atoms with E-state index >= 15 is 0 Å². The topological polar surface area (TPSA) is 41.6 Å². The van der Waals surface area contributed by atoms with Gasteiger partial charge >= 0.3 is 5.97 Å². The van der Waals surface area contributed by atoms with Crippen LogP contribution in [0.4, 0.5) is 0 Å². The van der Waals surface area contributed by atoms with Gasteiger partial charge in [-0.25, -0.2) is 0 Å². The van der Waals surface area contributed by atoms with Crippen LogP contribution in [0, 0.1) is 0 Å². The average Bonchev–Trinajstić information content (AvgIpc) is 2.52. The summed E-state index contributed by atoms with van der Waals surface area (Å²) in [5, 5.41) is 3.39. The molecule has 0 amide bonds. The normalized spacial score (nSPS) is 25.8. The minimum Gasteiger partial charge on any atom is -0.468 e. The summed E-state index contributed by atoms with van der Waals surface area (Å²) in [7, 11) is 1.41. The first-order valence-corrected chi connectivity index (χ1v) is 5.39. The number of halogens is 1. The van der Waals surface area contributed by atoms with Crippen LogP contribution < -0.4 is 5.32 Å². The first-order chi connectivity index (χ1) is 7.81. The molecule has 1 N–H and O–H groups in total. The fourth-order valence-electron chi connectivity index (χ4n) is 1.96. The van der Waals surface area contributed by atoms with Crippen molar-refractivity contribution in [2.24, 2.45) is 0 Å². The maximum absolute atomic E-state index is 11.3. The molecule has 0 saturated heterocycles. The molecule has 94 valence electrons. The van der Waals surface area contributed by atoms with Crippen LogP contribution >= 0.6 is 12.4 Å². The van der Waals surface area contributed by atoms with Crippen LogP contribution in [0.15, 0.2) is 36.6 Å². The maximum atomic E-state index is 11.3. The third kappa shape index (κ3) is 3.35. The zero-order valence-electron chi connectivity index (χ0n) is 9.70. The van der Waals surface area contributed by atoms with Crippen LogP contribution in [-0.2, 0) is 9.53 Å². The molecule has 2 atom stereocenters. The van der Waals surface area contributed by atoms with Gasteiger partial charge in [-0.05, 0) is 6.20 Å². The molecule has 0 aromatic carbocycles. The van der Waals surface area contributed by atoms with E-state index in [2.05, 4.69) is 17.5 Å². The number of nitrogens with one attached hydrogen (secondary N) is 1. The second-order valence-corrected chi connectivity index (χ2v) is 3.83. The molecule has 0 spiro atoms. The maximum Gasteiger partial charge on any atom is 0.325 e. The van der Waals surface area contributed by atoms with Gasteiger partial charge in [-0.1, -0.05) is 30.4 Å². The SMILES string of the molecule is COC(=O)CN1C=CCNC2C=CC=CC21.Cl. The Morgan fingerprint density at radius 1 is 1.47 bits per heavy atom. The summed E-state index contributed by atoms with van der Waals surface area (Å²) >= 11 is 0. The Morgan fingerprint density at radius 2 is 2.24 bits per heavy atom. The van der Waals surface area contributed by atoms with Crippen molar-refractivity contribution in [2.45, 2.75) is 12.1 Å².